The summed E-state index contributed by atoms with van der Waals surface area (Å²) in [5, 5.41) is 0. The molecular formula is C6H15N3. The highest BCUT2D eigenvalue weighted by Gasteiger charge is 1.90. The summed E-state index contributed by atoms with van der Waals surface area (Å²) < 4.78 is 0. The number of aliphatic imine (C=N–C) groups is 1. The molecule has 0 aliphatic carbocycles. The summed E-state index contributed by atoms with van der Waals surface area (Å²) in [6, 6.07) is 0.230. The summed E-state index contributed by atoms with van der Waals surface area (Å²) >= 11 is 0. The molecule has 0 aromatic carbocycles. The fourth-order valence-electron chi connectivity index (χ4n) is 0.445. The maximum atomic E-state index is 5.47. The predicted molar refractivity (Wildman–Crippen MR) is 40.4 cm³/mol. The molecule has 0 aromatic heterocycles. The van der Waals surface area contributed by atoms with Crippen molar-refractivity contribution in [3.63, 3.8) is 0 Å². The minimum absolute atomic E-state index is 0.230. The van der Waals surface area contributed by atoms with Crippen LogP contribution in [0.4, 0.5) is 0 Å². The first-order valence-corrected chi connectivity index (χ1v) is 3.15. The van der Waals surface area contributed by atoms with E-state index in [1.165, 1.54) is 0 Å². The SMILES string of the molecule is CC(N)=NCC[C@H](C)N. The van der Waals surface area contributed by atoms with Crippen LogP contribution in [0.25, 0.3) is 0 Å². The molecule has 0 aliphatic heterocycles. The van der Waals surface area contributed by atoms with Gasteiger partial charge in [-0.25, -0.2) is 0 Å². The minimum Gasteiger partial charge on any atom is -0.388 e. The van der Waals surface area contributed by atoms with Gasteiger partial charge in [0.05, 0.1) is 5.84 Å². The Hall–Kier alpha value is -0.570. The normalized spacial score (nSPS) is 15.7. The molecular weight excluding hydrogens is 114 g/mol. The molecule has 0 saturated heterocycles. The summed E-state index contributed by atoms with van der Waals surface area (Å²) in [5.41, 5.74) is 10.8. The second-order valence-corrected chi connectivity index (χ2v) is 2.29. The van der Waals surface area contributed by atoms with Crippen LogP contribution in [-0.2, 0) is 0 Å². The molecule has 3 nitrogen and oxygen atoms in total. The number of hydrogen-bond donors (Lipinski definition) is 2. The van der Waals surface area contributed by atoms with E-state index in [0.29, 0.717) is 5.84 Å². The first-order chi connectivity index (χ1) is 4.13. The third-order valence-electron chi connectivity index (χ3n) is 0.946. The highest BCUT2D eigenvalue weighted by Crippen LogP contribution is 1.85. The molecule has 54 valence electrons. The molecule has 4 N–H and O–H groups in total. The third-order valence-corrected chi connectivity index (χ3v) is 0.946. The van der Waals surface area contributed by atoms with Crippen LogP contribution in [0.15, 0.2) is 4.99 Å². The molecule has 0 spiro atoms. The van der Waals surface area contributed by atoms with Crippen molar-refractivity contribution in [1.82, 2.24) is 0 Å². The van der Waals surface area contributed by atoms with Crippen LogP contribution in [0.3, 0.4) is 0 Å². The smallest absolute Gasteiger partial charge is 0.0905 e. The zero-order valence-electron chi connectivity index (χ0n) is 6.09. The molecule has 0 unspecified atom stereocenters. The van der Waals surface area contributed by atoms with E-state index in [0.717, 1.165) is 13.0 Å². The summed E-state index contributed by atoms with van der Waals surface area (Å²) in [6.07, 6.45) is 0.911. The van der Waals surface area contributed by atoms with Gasteiger partial charge in [0, 0.05) is 12.6 Å². The van der Waals surface area contributed by atoms with Crippen molar-refractivity contribution < 1.29 is 0 Å². The molecule has 0 rings (SSSR count). The van der Waals surface area contributed by atoms with Gasteiger partial charge in [0.25, 0.3) is 0 Å². The van der Waals surface area contributed by atoms with E-state index < -0.39 is 0 Å². The van der Waals surface area contributed by atoms with Crippen molar-refractivity contribution in [2.45, 2.75) is 26.3 Å². The second kappa shape index (κ2) is 4.32. The molecule has 0 heterocycles. The lowest BCUT2D eigenvalue weighted by atomic mass is 10.2. The summed E-state index contributed by atoms with van der Waals surface area (Å²) in [6.45, 7) is 4.49. The van der Waals surface area contributed by atoms with Crippen LogP contribution in [-0.4, -0.2) is 18.4 Å². The Bertz CT molecular complexity index is 92.5. The molecule has 9 heavy (non-hydrogen) atoms. The highest BCUT2D eigenvalue weighted by atomic mass is 14.8. The fourth-order valence-corrected chi connectivity index (χ4v) is 0.445. The summed E-state index contributed by atoms with van der Waals surface area (Å²) in [4.78, 5) is 3.98. The van der Waals surface area contributed by atoms with Gasteiger partial charge < -0.3 is 11.5 Å². The van der Waals surface area contributed by atoms with Crippen molar-refractivity contribution in [2.75, 3.05) is 6.54 Å². The van der Waals surface area contributed by atoms with Crippen molar-refractivity contribution in [2.24, 2.45) is 16.5 Å². The quantitative estimate of drug-likeness (QED) is 0.419. The zero-order valence-corrected chi connectivity index (χ0v) is 6.09. The largest absolute Gasteiger partial charge is 0.388 e. The maximum Gasteiger partial charge on any atom is 0.0905 e. The molecule has 0 bridgehead atoms. The maximum absolute atomic E-state index is 5.47. The Kier molecular flexibility index (Phi) is 4.05. The van der Waals surface area contributed by atoms with Gasteiger partial charge in [-0.1, -0.05) is 0 Å². The Balaban J connectivity index is 3.20. The molecule has 0 radical (unpaired) electrons. The van der Waals surface area contributed by atoms with E-state index in [-0.39, 0.29) is 6.04 Å². The Morgan fingerprint density at radius 2 is 2.22 bits per heavy atom. The first kappa shape index (κ1) is 8.43. The van der Waals surface area contributed by atoms with Crippen molar-refractivity contribution >= 4 is 5.84 Å². The van der Waals surface area contributed by atoms with Crippen LogP contribution in [0.5, 0.6) is 0 Å². The fraction of sp³-hybridized carbons (Fsp3) is 0.833. The lowest BCUT2D eigenvalue weighted by Crippen LogP contribution is -2.16. The summed E-state index contributed by atoms with van der Waals surface area (Å²) in [5.74, 6) is 0.635. The van der Waals surface area contributed by atoms with Crippen LogP contribution in [0.2, 0.25) is 0 Å². The number of amidine groups is 1. The van der Waals surface area contributed by atoms with Gasteiger partial charge in [0.2, 0.25) is 0 Å². The van der Waals surface area contributed by atoms with Gasteiger partial charge in [0.1, 0.15) is 0 Å². The standard InChI is InChI=1S/C6H15N3/c1-5(7)3-4-9-6(2)8/h5H,3-4,7H2,1-2H3,(H2,8,9)/t5-/m0/s1. The molecule has 1 atom stereocenters. The molecule has 3 heteroatoms. The van der Waals surface area contributed by atoms with E-state index in [1.54, 1.807) is 6.92 Å². The van der Waals surface area contributed by atoms with E-state index in [4.69, 9.17) is 11.5 Å². The average molecular weight is 129 g/mol. The van der Waals surface area contributed by atoms with Crippen LogP contribution in [0.1, 0.15) is 20.3 Å². The molecule has 0 fully saturated rings. The van der Waals surface area contributed by atoms with Gasteiger partial charge >= 0.3 is 0 Å². The van der Waals surface area contributed by atoms with E-state index in [2.05, 4.69) is 4.99 Å². The monoisotopic (exact) mass is 129 g/mol. The number of nitrogens with zero attached hydrogens (tertiary/aromatic N) is 1. The lowest BCUT2D eigenvalue weighted by molar-refractivity contribution is 0.676. The zero-order chi connectivity index (χ0) is 7.28. The van der Waals surface area contributed by atoms with E-state index >= 15 is 0 Å². The number of hydrogen-bond acceptors (Lipinski definition) is 2. The summed E-state index contributed by atoms with van der Waals surface area (Å²) in [7, 11) is 0. The molecule has 0 aliphatic rings. The lowest BCUT2D eigenvalue weighted by Gasteiger charge is -1.99. The number of nitrogens with two attached hydrogens (primary N) is 2. The highest BCUT2D eigenvalue weighted by molar-refractivity contribution is 5.77. The molecule has 0 aromatic rings. The Morgan fingerprint density at radius 3 is 2.56 bits per heavy atom. The molecule has 0 amide bonds. The first-order valence-electron chi connectivity index (χ1n) is 3.15. The Labute approximate surface area is 56.1 Å². The van der Waals surface area contributed by atoms with Gasteiger partial charge in [-0.2, -0.15) is 0 Å². The van der Waals surface area contributed by atoms with Crippen molar-refractivity contribution in [3.05, 3.63) is 0 Å². The minimum atomic E-state index is 0.230. The van der Waals surface area contributed by atoms with Crippen LogP contribution >= 0.6 is 0 Å². The van der Waals surface area contributed by atoms with Gasteiger partial charge in [0.15, 0.2) is 0 Å². The van der Waals surface area contributed by atoms with Crippen LogP contribution < -0.4 is 11.5 Å². The van der Waals surface area contributed by atoms with Gasteiger partial charge in [-0.05, 0) is 20.3 Å². The Morgan fingerprint density at radius 1 is 1.67 bits per heavy atom. The van der Waals surface area contributed by atoms with Crippen molar-refractivity contribution in [1.29, 1.82) is 0 Å². The van der Waals surface area contributed by atoms with Crippen LogP contribution in [0, 0.1) is 0 Å². The van der Waals surface area contributed by atoms with E-state index in [1.807, 2.05) is 6.92 Å². The third kappa shape index (κ3) is 7.43. The second-order valence-electron chi connectivity index (χ2n) is 2.29. The topological polar surface area (TPSA) is 64.4 Å². The molecule has 0 saturated carbocycles. The van der Waals surface area contributed by atoms with E-state index in [9.17, 15) is 0 Å². The predicted octanol–water partition coefficient (Wildman–Crippen LogP) is 0.101. The average Bonchev–Trinajstić information content (AvgIpc) is 1.63. The number of rotatable bonds is 3. The van der Waals surface area contributed by atoms with Gasteiger partial charge in [-0.3, -0.25) is 4.99 Å². The van der Waals surface area contributed by atoms with Gasteiger partial charge in [-0.15, -0.1) is 0 Å². The van der Waals surface area contributed by atoms with Crippen molar-refractivity contribution in [3.8, 4) is 0 Å².